The molecule has 4 aliphatic rings. The Balaban J connectivity index is 1.18. The molecule has 2 aromatic heterocycles. The van der Waals surface area contributed by atoms with Crippen LogP contribution in [0.3, 0.4) is 0 Å². The van der Waals surface area contributed by atoms with E-state index in [1.165, 1.54) is 44.9 Å². The van der Waals surface area contributed by atoms with E-state index in [0.717, 1.165) is 6.92 Å². The van der Waals surface area contributed by atoms with Crippen molar-refractivity contribution in [1.29, 1.82) is 0 Å². The van der Waals surface area contributed by atoms with Crippen LogP contribution in [0.4, 0.5) is 0 Å². The number of aryl methyl sites for hydroxylation is 1. The number of hydrogen-bond donors (Lipinski definition) is 15. The van der Waals surface area contributed by atoms with Crippen molar-refractivity contribution < 1.29 is 186 Å². The maximum absolute atomic E-state index is 14.1. The zero-order valence-electron chi connectivity index (χ0n) is 55.1. The molecule has 1 amide bonds. The summed E-state index contributed by atoms with van der Waals surface area (Å²) in [6.07, 6.45) is -20.1. The molecule has 580 valence electrons. The monoisotopic (exact) mass is 1550 g/mol. The number of hydrogen-bond acceptors (Lipinski definition) is 37. The molecule has 23 atom stereocenters. The molecule has 0 radical (unpaired) electrons. The number of amides is 1. The Bertz CT molecular complexity index is 3000. The van der Waals surface area contributed by atoms with Gasteiger partial charge in [0.25, 0.3) is 0 Å². The Labute approximate surface area is 572 Å². The number of nitrogens with one attached hydrogen (secondary N) is 1. The first-order valence-electron chi connectivity index (χ1n) is 31.1. The van der Waals surface area contributed by atoms with Crippen LogP contribution >= 0.6 is 39.1 Å². The lowest BCUT2D eigenvalue weighted by molar-refractivity contribution is -0.283. The maximum Gasteiger partial charge on any atom is 0.474 e. The van der Waals surface area contributed by atoms with Gasteiger partial charge in [0.05, 0.1) is 123 Å². The van der Waals surface area contributed by atoms with E-state index >= 15 is 0 Å². The molecule has 15 N–H and O–H groups in total. The van der Waals surface area contributed by atoms with E-state index in [-0.39, 0.29) is 12.1 Å². The van der Waals surface area contributed by atoms with Gasteiger partial charge in [-0.15, -0.1) is 0 Å². The molecule has 44 nitrogen and oxygen atoms in total. The van der Waals surface area contributed by atoms with Crippen molar-refractivity contribution in [2.75, 3.05) is 106 Å². The van der Waals surface area contributed by atoms with Crippen molar-refractivity contribution in [3.63, 3.8) is 0 Å². The summed E-state index contributed by atoms with van der Waals surface area (Å²) in [5, 5.41) is 93.2. The first-order valence-corrected chi connectivity index (χ1v) is 38.5. The van der Waals surface area contributed by atoms with Crippen LogP contribution in [0.2, 0.25) is 0 Å². The second-order valence-electron chi connectivity index (χ2n) is 23.7. The zero-order valence-corrected chi connectivity index (χ0v) is 59.5. The van der Waals surface area contributed by atoms with Crippen LogP contribution in [0, 0.1) is 24.2 Å². The number of phosphoric ester groups is 5. The number of aromatic nitrogens is 4. The number of fused-ring (bicyclic) bond motifs is 1. The highest BCUT2D eigenvalue weighted by Crippen LogP contribution is 2.52. The molecule has 0 aromatic carbocycles. The molecule has 0 saturated carbocycles. The summed E-state index contributed by atoms with van der Waals surface area (Å²) in [5.41, 5.74) is -0.828. The summed E-state index contributed by atoms with van der Waals surface area (Å²) in [4.78, 5) is 78.5. The summed E-state index contributed by atoms with van der Waals surface area (Å²) in [7, 11) is -25.6. The van der Waals surface area contributed by atoms with Crippen molar-refractivity contribution in [2.24, 2.45) is 17.3 Å². The molecule has 49 heteroatoms. The maximum atomic E-state index is 14.1. The van der Waals surface area contributed by atoms with Gasteiger partial charge in [0, 0.05) is 30.6 Å². The Morgan fingerprint density at radius 1 is 0.590 bits per heavy atom. The van der Waals surface area contributed by atoms with Gasteiger partial charge in [-0.05, 0) is 33.6 Å². The highest BCUT2D eigenvalue weighted by molar-refractivity contribution is 7.48. The van der Waals surface area contributed by atoms with Crippen LogP contribution in [0.5, 0.6) is 0 Å². The van der Waals surface area contributed by atoms with Crippen molar-refractivity contribution in [2.45, 2.75) is 165 Å². The number of aliphatic hydroxyl groups is 9. The third-order valence-electron chi connectivity index (χ3n) is 15.6. The number of nitrogens with zero attached hydrogens (tertiary/aromatic N) is 4. The molecule has 6 rings (SSSR count). The summed E-state index contributed by atoms with van der Waals surface area (Å²) in [6, 6.07) is -1.38. The first kappa shape index (κ1) is 86.8. The highest BCUT2D eigenvalue weighted by atomic mass is 31.2. The van der Waals surface area contributed by atoms with Gasteiger partial charge in [0.2, 0.25) is 5.91 Å². The van der Waals surface area contributed by atoms with Gasteiger partial charge in [-0.3, -0.25) is 54.6 Å². The first-order chi connectivity index (χ1) is 46.9. The number of ether oxygens (including phenoxy) is 9. The van der Waals surface area contributed by atoms with Crippen LogP contribution in [0.25, 0.3) is 11.2 Å². The van der Waals surface area contributed by atoms with Gasteiger partial charge < -0.3 is 118 Å². The number of imidazole rings is 1. The average molecular weight is 1550 g/mol. The van der Waals surface area contributed by atoms with Crippen molar-refractivity contribution in [1.82, 2.24) is 24.8 Å². The fourth-order valence-corrected chi connectivity index (χ4v) is 14.3. The number of rotatable bonds is 45. The molecule has 0 aliphatic carbocycles. The van der Waals surface area contributed by atoms with E-state index in [2.05, 4.69) is 20.3 Å². The number of phosphoric acid groups is 5. The lowest BCUT2D eigenvalue weighted by Gasteiger charge is -2.42. The van der Waals surface area contributed by atoms with Crippen LogP contribution in [-0.4, -0.2) is 300 Å². The van der Waals surface area contributed by atoms with E-state index in [0.29, 0.717) is 11.2 Å². The minimum absolute atomic E-state index is 0.221. The Morgan fingerprint density at radius 2 is 1.06 bits per heavy atom. The Kier molecular flexibility index (Phi) is 34.4. The van der Waals surface area contributed by atoms with Gasteiger partial charge >= 0.3 is 39.1 Å². The summed E-state index contributed by atoms with van der Waals surface area (Å²) >= 11 is 0. The number of carbonyl (C=O) groups excluding carboxylic acids is 1. The molecule has 0 spiro atoms. The average Bonchev–Trinajstić information content (AvgIpc) is 1.60. The molecule has 4 fully saturated rings. The molecular weight excluding hydrogens is 1460 g/mol. The summed E-state index contributed by atoms with van der Waals surface area (Å²) < 4.78 is 170. The van der Waals surface area contributed by atoms with E-state index < -0.39 is 286 Å². The molecule has 100 heavy (non-hydrogen) atoms. The van der Waals surface area contributed by atoms with Gasteiger partial charge in [-0.1, -0.05) is 13.8 Å². The Hall–Kier alpha value is -2.15. The largest absolute Gasteiger partial charge is 0.474 e. The summed E-state index contributed by atoms with van der Waals surface area (Å²) in [5.74, 6) is -2.35. The number of aliphatic hydroxyl groups excluding tert-OH is 9. The third kappa shape index (κ3) is 26.4. The van der Waals surface area contributed by atoms with Crippen LogP contribution in [-0.2, 0) is 115 Å². The smallest absolute Gasteiger partial charge is 0.394 e. The molecule has 0 bridgehead atoms. The van der Waals surface area contributed by atoms with E-state index in [9.17, 15) is 98.0 Å². The molecule has 12 unspecified atom stereocenters. The second kappa shape index (κ2) is 39.6. The van der Waals surface area contributed by atoms with Crippen molar-refractivity contribution >= 4 is 56.2 Å². The minimum Gasteiger partial charge on any atom is -0.394 e. The second-order valence-corrected chi connectivity index (χ2v) is 30.8. The SMILES string of the molecule is CC(=O)NC1[C@H](OCCOP(=O)(O)OCCCC(COCOP(=O)(O)OCCO[C@@H]2OC(CO)[C@H](O)[C@H](O)C2C)(COCOP(=O)(O)OCCO[C@@H]2OC(CO)[C@H](O)[C@H](O)C2C)COP(=O)(O)OC[C@H]2O[C@@H](n3cnc4c(C)ncnc43)CC2OP(=O)(O)OC(C)C)OC(CO)[C@H](O)[C@@H]1O. The Morgan fingerprint density at radius 3 is 1.56 bits per heavy atom. The van der Waals surface area contributed by atoms with E-state index in [1.807, 2.05) is 0 Å². The quantitative estimate of drug-likeness (QED) is 0.0189. The minimum atomic E-state index is -5.45. The van der Waals surface area contributed by atoms with Crippen LogP contribution in [0.1, 0.15) is 65.8 Å². The van der Waals surface area contributed by atoms with Crippen LogP contribution < -0.4 is 5.32 Å². The fraction of sp³-hybridized carbons (Fsp3) is 0.882. The molecule has 6 heterocycles. The molecular formula is C51H92N5O39P5. The van der Waals surface area contributed by atoms with Crippen LogP contribution in [0.15, 0.2) is 12.7 Å². The molecule has 2 aromatic rings. The van der Waals surface area contributed by atoms with Gasteiger partial charge in [0.15, 0.2) is 38.1 Å². The highest BCUT2D eigenvalue weighted by Gasteiger charge is 2.48. The third-order valence-corrected chi connectivity index (χ3v) is 20.6. The number of carbonyl (C=O) groups is 1. The summed E-state index contributed by atoms with van der Waals surface area (Å²) in [6.45, 7) is -3.84. The van der Waals surface area contributed by atoms with Crippen molar-refractivity contribution in [3.05, 3.63) is 18.3 Å². The fourth-order valence-electron chi connectivity index (χ4n) is 10.4. The predicted molar refractivity (Wildman–Crippen MR) is 327 cm³/mol. The predicted octanol–water partition coefficient (Wildman–Crippen LogP) is -2.27. The van der Waals surface area contributed by atoms with E-state index in [4.69, 9.17) is 87.9 Å². The topological polar surface area (TPSA) is 617 Å². The van der Waals surface area contributed by atoms with Gasteiger partial charge in [0.1, 0.15) is 79.0 Å². The normalized spacial score (nSPS) is 32.7. The lowest BCUT2D eigenvalue weighted by atomic mass is 9.86. The zero-order chi connectivity index (χ0) is 74.0. The molecule has 4 saturated heterocycles. The lowest BCUT2D eigenvalue weighted by Crippen LogP contribution is -2.64. The van der Waals surface area contributed by atoms with Crippen molar-refractivity contribution in [3.8, 4) is 0 Å². The van der Waals surface area contributed by atoms with E-state index in [1.54, 1.807) is 6.92 Å². The van der Waals surface area contributed by atoms with Gasteiger partial charge in [-0.2, -0.15) is 0 Å². The van der Waals surface area contributed by atoms with Gasteiger partial charge in [-0.25, -0.2) is 37.8 Å². The molecule has 4 aliphatic heterocycles. The standard InChI is InChI=1S/C51H92N5O39P5/c1-28(2)94-100(75,76)95-33-16-38(56-25-54-39-31(5)52-24-53-47(39)56)90-37(33)20-86-99(73,74)87-23-51(21-77-26-88-97(69,70)84-13-10-79-48-29(3)41(61)43(63)34(17-57)91-48,22-78-27-89-98(71,72)85-14-11-80-49-30(4)42(62)44(64)35(18-58)92-49)8-7-9-82-96(67,68)83-15-12-81-50-40(55-32(6)60)46(66)45(65)36(19-59)93-50/h24-25,28-30,33-38,40-46,48-50,57-59,61-66H,7-23,26-27H2,1-6H3,(H,55,60)(H,67,68)(H,69,70)(H,71,72)(H,73,74)(H,75,76)/t29?,30?,33?,34?,35?,36?,37-,38-,40?,41-,42-,43+,44+,45+,46-,48-,49-,50-,51?/m1/s1.